The number of nitriles is 1. The minimum atomic E-state index is -0.00873. The Kier molecular flexibility index (Phi) is 4.91. The van der Waals surface area contributed by atoms with Crippen molar-refractivity contribution in [2.24, 2.45) is 4.99 Å². The monoisotopic (exact) mass is 288 g/mol. The van der Waals surface area contributed by atoms with E-state index in [9.17, 15) is 0 Å². The van der Waals surface area contributed by atoms with Crippen molar-refractivity contribution >= 4 is 23.4 Å². The van der Waals surface area contributed by atoms with Gasteiger partial charge in [0.05, 0.1) is 18.7 Å². The molecular formula is C14H16N4OS. The average Bonchev–Trinajstić information content (AvgIpc) is 2.94. The van der Waals surface area contributed by atoms with Crippen LogP contribution in [-0.4, -0.2) is 35.7 Å². The summed E-state index contributed by atoms with van der Waals surface area (Å²) in [5, 5.41) is 11.9. The molecule has 104 valence electrons. The molecule has 0 bridgehead atoms. The molecule has 5 nitrogen and oxygen atoms in total. The summed E-state index contributed by atoms with van der Waals surface area (Å²) in [6, 6.07) is 12.5. The lowest BCUT2D eigenvalue weighted by atomic mass is 10.1. The van der Waals surface area contributed by atoms with E-state index in [1.54, 1.807) is 4.90 Å². The van der Waals surface area contributed by atoms with Crippen molar-refractivity contribution < 1.29 is 4.74 Å². The molecule has 0 amide bonds. The first-order chi connectivity index (χ1) is 9.72. The van der Waals surface area contributed by atoms with Gasteiger partial charge >= 0.3 is 0 Å². The highest BCUT2D eigenvalue weighted by molar-refractivity contribution is 7.80. The lowest BCUT2D eigenvalue weighted by Gasteiger charge is -2.18. The highest BCUT2D eigenvalue weighted by Gasteiger charge is 2.24. The second-order valence-electron chi connectivity index (χ2n) is 4.32. The van der Waals surface area contributed by atoms with Crippen LogP contribution in [0.4, 0.5) is 0 Å². The van der Waals surface area contributed by atoms with Gasteiger partial charge in [0.2, 0.25) is 0 Å². The van der Waals surface area contributed by atoms with Crippen LogP contribution in [0.15, 0.2) is 35.3 Å². The molecule has 0 aromatic heterocycles. The summed E-state index contributed by atoms with van der Waals surface area (Å²) >= 11 is 5.23. The van der Waals surface area contributed by atoms with Gasteiger partial charge in [-0.3, -0.25) is 4.90 Å². The Morgan fingerprint density at radius 1 is 1.55 bits per heavy atom. The zero-order chi connectivity index (χ0) is 14.4. The van der Waals surface area contributed by atoms with Gasteiger partial charge in [0, 0.05) is 0 Å². The number of thiocarbonyl (C=S) groups is 1. The molecule has 6 heteroatoms. The molecule has 1 aliphatic rings. The van der Waals surface area contributed by atoms with Crippen LogP contribution in [0.3, 0.4) is 0 Å². The first-order valence-corrected chi connectivity index (χ1v) is 6.81. The van der Waals surface area contributed by atoms with Gasteiger partial charge < -0.3 is 10.1 Å². The normalized spacial score (nSPS) is 17.4. The van der Waals surface area contributed by atoms with Crippen molar-refractivity contribution in [3.05, 3.63) is 35.9 Å². The van der Waals surface area contributed by atoms with Gasteiger partial charge in [0.1, 0.15) is 13.2 Å². The quantitative estimate of drug-likeness (QED) is 0.679. The van der Waals surface area contributed by atoms with E-state index in [0.717, 1.165) is 5.56 Å². The summed E-state index contributed by atoms with van der Waals surface area (Å²) in [7, 11) is 0. The Morgan fingerprint density at radius 2 is 2.30 bits per heavy atom. The average molecular weight is 288 g/mol. The van der Waals surface area contributed by atoms with Crippen LogP contribution < -0.4 is 5.32 Å². The van der Waals surface area contributed by atoms with Crippen molar-refractivity contribution in [2.75, 3.05) is 19.7 Å². The molecular weight excluding hydrogens is 272 g/mol. The molecule has 1 saturated heterocycles. The van der Waals surface area contributed by atoms with E-state index in [1.165, 1.54) is 0 Å². The highest BCUT2D eigenvalue weighted by atomic mass is 32.1. The first kappa shape index (κ1) is 14.3. The van der Waals surface area contributed by atoms with E-state index in [1.807, 2.05) is 43.3 Å². The number of hydrogen-bond acceptors (Lipinski definition) is 4. The first-order valence-electron chi connectivity index (χ1n) is 6.40. The predicted molar refractivity (Wildman–Crippen MR) is 81.2 cm³/mol. The fourth-order valence-corrected chi connectivity index (χ4v) is 2.12. The van der Waals surface area contributed by atoms with Crippen LogP contribution >= 0.6 is 12.2 Å². The summed E-state index contributed by atoms with van der Waals surface area (Å²) in [5.74, 6) is 0. The largest absolute Gasteiger partial charge is 0.463 e. The second-order valence-corrected chi connectivity index (χ2v) is 4.70. The number of hydrogen-bond donors (Lipinski definition) is 1. The number of nitrogens with zero attached hydrogens (tertiary/aromatic N) is 3. The van der Waals surface area contributed by atoms with E-state index < -0.39 is 0 Å². The van der Waals surface area contributed by atoms with E-state index >= 15 is 0 Å². The lowest BCUT2D eigenvalue weighted by molar-refractivity contribution is 0.349. The SMILES string of the molecule is CC(N=C1OCCN1C(=S)NCC#N)c1ccccc1. The Bertz CT molecular complexity index is 538. The molecule has 1 aromatic rings. The van der Waals surface area contributed by atoms with E-state index in [0.29, 0.717) is 24.3 Å². The zero-order valence-electron chi connectivity index (χ0n) is 11.2. The minimum Gasteiger partial charge on any atom is -0.463 e. The molecule has 0 spiro atoms. The van der Waals surface area contributed by atoms with E-state index in [4.69, 9.17) is 22.2 Å². The molecule has 2 rings (SSSR count). The molecule has 20 heavy (non-hydrogen) atoms. The van der Waals surface area contributed by atoms with Gasteiger partial charge in [-0.25, -0.2) is 4.99 Å². The van der Waals surface area contributed by atoms with Crippen LogP contribution in [0.2, 0.25) is 0 Å². The maximum absolute atomic E-state index is 8.57. The number of nitrogens with one attached hydrogen (secondary N) is 1. The molecule has 1 fully saturated rings. The third-order valence-corrected chi connectivity index (χ3v) is 3.29. The number of rotatable bonds is 3. The Labute approximate surface area is 123 Å². The topological polar surface area (TPSA) is 60.6 Å². The van der Waals surface area contributed by atoms with Gasteiger partial charge in [-0.15, -0.1) is 0 Å². The number of amidine groups is 1. The Morgan fingerprint density at radius 3 is 3.00 bits per heavy atom. The molecule has 1 atom stereocenters. The van der Waals surface area contributed by atoms with Crippen molar-refractivity contribution in [3.63, 3.8) is 0 Å². The summed E-state index contributed by atoms with van der Waals surface area (Å²) in [6.07, 6.45) is 0. The summed E-state index contributed by atoms with van der Waals surface area (Å²) in [5.41, 5.74) is 1.12. The van der Waals surface area contributed by atoms with Crippen LogP contribution in [0, 0.1) is 11.3 Å². The number of aliphatic imine (C=N–C) groups is 1. The maximum atomic E-state index is 8.57. The van der Waals surface area contributed by atoms with Crippen molar-refractivity contribution in [1.82, 2.24) is 10.2 Å². The molecule has 1 aliphatic heterocycles. The molecule has 1 N–H and O–H groups in total. The van der Waals surface area contributed by atoms with Gasteiger partial charge in [0.15, 0.2) is 5.11 Å². The van der Waals surface area contributed by atoms with Gasteiger partial charge in [0.25, 0.3) is 6.02 Å². The summed E-state index contributed by atoms with van der Waals surface area (Å²) in [4.78, 5) is 6.35. The van der Waals surface area contributed by atoms with Crippen LogP contribution in [-0.2, 0) is 4.74 Å². The van der Waals surface area contributed by atoms with Gasteiger partial charge in [-0.2, -0.15) is 5.26 Å². The molecule has 1 unspecified atom stereocenters. The third-order valence-electron chi connectivity index (χ3n) is 2.93. The number of benzene rings is 1. The Hall–Kier alpha value is -2.13. The molecule has 0 radical (unpaired) electrons. The highest BCUT2D eigenvalue weighted by Crippen LogP contribution is 2.18. The smallest absolute Gasteiger partial charge is 0.294 e. The minimum absolute atomic E-state index is 0.00873. The van der Waals surface area contributed by atoms with Crippen molar-refractivity contribution in [1.29, 1.82) is 5.26 Å². The third kappa shape index (κ3) is 3.45. The second kappa shape index (κ2) is 6.87. The molecule has 1 heterocycles. The van der Waals surface area contributed by atoms with Crippen LogP contribution in [0.5, 0.6) is 0 Å². The standard InChI is InChI=1S/C14H16N4OS/c1-11(12-5-3-2-4-6-12)17-13-18(9-10-19-13)14(20)16-8-7-15/h2-6,11H,8-10H2,1H3,(H,16,20). The lowest BCUT2D eigenvalue weighted by Crippen LogP contribution is -2.41. The van der Waals surface area contributed by atoms with Crippen LogP contribution in [0.1, 0.15) is 18.5 Å². The Balaban J connectivity index is 2.08. The fraction of sp³-hybridized carbons (Fsp3) is 0.357. The summed E-state index contributed by atoms with van der Waals surface area (Å²) < 4.78 is 5.52. The van der Waals surface area contributed by atoms with Crippen molar-refractivity contribution in [2.45, 2.75) is 13.0 Å². The van der Waals surface area contributed by atoms with E-state index in [-0.39, 0.29) is 12.6 Å². The maximum Gasteiger partial charge on any atom is 0.294 e. The van der Waals surface area contributed by atoms with Crippen molar-refractivity contribution in [3.8, 4) is 6.07 Å². The molecule has 0 saturated carbocycles. The zero-order valence-corrected chi connectivity index (χ0v) is 12.1. The molecule has 1 aromatic carbocycles. The van der Waals surface area contributed by atoms with Gasteiger partial charge in [-0.05, 0) is 24.7 Å². The van der Waals surface area contributed by atoms with Gasteiger partial charge in [-0.1, -0.05) is 30.3 Å². The van der Waals surface area contributed by atoms with Crippen LogP contribution in [0.25, 0.3) is 0 Å². The molecule has 0 aliphatic carbocycles. The van der Waals surface area contributed by atoms with E-state index in [2.05, 4.69) is 10.3 Å². The fourth-order valence-electron chi connectivity index (χ4n) is 1.88. The summed E-state index contributed by atoms with van der Waals surface area (Å²) in [6.45, 7) is 3.39. The predicted octanol–water partition coefficient (Wildman–Crippen LogP) is 1.83. The number of ether oxygens (including phenoxy) is 1.